The molecule has 0 amide bonds. The van der Waals surface area contributed by atoms with Crippen LogP contribution in [-0.4, -0.2) is 27.2 Å². The number of aryl methyl sites for hydroxylation is 1. The Morgan fingerprint density at radius 3 is 2.82 bits per heavy atom. The monoisotopic (exact) mass is 232 g/mol. The van der Waals surface area contributed by atoms with E-state index in [0.717, 1.165) is 5.92 Å². The van der Waals surface area contributed by atoms with Crippen molar-refractivity contribution in [3.8, 4) is 0 Å². The normalized spacial score (nSPS) is 20.3. The Morgan fingerprint density at radius 2 is 2.18 bits per heavy atom. The van der Waals surface area contributed by atoms with Crippen LogP contribution in [0.5, 0.6) is 0 Å². The van der Waals surface area contributed by atoms with E-state index < -0.39 is 0 Å². The Labute approximate surface area is 105 Å². The van der Waals surface area contributed by atoms with Gasteiger partial charge in [0.25, 0.3) is 0 Å². The Balaban J connectivity index is 2.07. The highest BCUT2D eigenvalue weighted by Crippen LogP contribution is 2.23. The molecule has 0 aliphatic carbocycles. The number of piperidine rings is 1. The number of hydrogen-bond acceptors (Lipinski definition) is 2. The zero-order valence-corrected chi connectivity index (χ0v) is 11.3. The van der Waals surface area contributed by atoms with Crippen LogP contribution in [0.4, 0.5) is 5.69 Å². The van der Waals surface area contributed by atoms with E-state index in [4.69, 9.17) is 0 Å². The number of hydrogen-bond donors (Lipinski definition) is 1. The van der Waals surface area contributed by atoms with Crippen molar-refractivity contribution in [2.75, 3.05) is 32.1 Å². The summed E-state index contributed by atoms with van der Waals surface area (Å²) >= 11 is 0. The van der Waals surface area contributed by atoms with Gasteiger partial charge in [-0.25, -0.2) is 0 Å². The molecule has 17 heavy (non-hydrogen) atoms. The molecule has 1 heterocycles. The molecular weight excluding hydrogens is 208 g/mol. The van der Waals surface area contributed by atoms with Crippen molar-refractivity contribution in [2.45, 2.75) is 26.2 Å². The fourth-order valence-corrected chi connectivity index (χ4v) is 2.70. The molecule has 1 saturated heterocycles. The minimum atomic E-state index is 0.821. The van der Waals surface area contributed by atoms with Gasteiger partial charge in [0, 0.05) is 19.8 Å². The Morgan fingerprint density at radius 1 is 1.35 bits per heavy atom. The third kappa shape index (κ3) is 3.22. The van der Waals surface area contributed by atoms with Crippen molar-refractivity contribution in [3.05, 3.63) is 29.3 Å². The largest absolute Gasteiger partial charge is 0.377 e. The van der Waals surface area contributed by atoms with Crippen molar-refractivity contribution in [2.24, 2.45) is 5.92 Å². The maximum Gasteiger partial charge on any atom is 0.0393 e. The summed E-state index contributed by atoms with van der Waals surface area (Å²) in [4.78, 5) is 2.21. The van der Waals surface area contributed by atoms with Crippen molar-refractivity contribution in [3.63, 3.8) is 0 Å². The van der Waals surface area contributed by atoms with E-state index in [-0.39, 0.29) is 0 Å². The number of nitrogens with one attached hydrogen (secondary N) is 1. The van der Waals surface area contributed by atoms with Gasteiger partial charge in [-0.3, -0.25) is 0 Å². The van der Waals surface area contributed by atoms with Gasteiger partial charge in [0.15, 0.2) is 0 Å². The second kappa shape index (κ2) is 5.54. The number of nitrogens with zero attached hydrogens (tertiary/aromatic N) is 1. The highest BCUT2D eigenvalue weighted by molar-refractivity contribution is 5.53. The van der Waals surface area contributed by atoms with Crippen LogP contribution in [0.1, 0.15) is 24.0 Å². The predicted octanol–water partition coefficient (Wildman–Crippen LogP) is 2.60. The Bertz CT molecular complexity index is 365. The van der Waals surface area contributed by atoms with Gasteiger partial charge in [0.2, 0.25) is 0 Å². The van der Waals surface area contributed by atoms with Crippen molar-refractivity contribution in [1.29, 1.82) is 0 Å². The summed E-state index contributed by atoms with van der Waals surface area (Å²) in [5.74, 6) is 0.821. The predicted molar refractivity (Wildman–Crippen MR) is 74.8 cm³/mol. The van der Waals surface area contributed by atoms with Gasteiger partial charge in [0.05, 0.1) is 0 Å². The maximum absolute atomic E-state index is 3.49. The third-order valence-electron chi connectivity index (χ3n) is 3.68. The lowest BCUT2D eigenvalue weighted by molar-refractivity contribution is 0.376. The van der Waals surface area contributed by atoms with Crippen molar-refractivity contribution < 1.29 is 0 Å². The molecule has 94 valence electrons. The molecule has 1 fully saturated rings. The first kappa shape index (κ1) is 12.4. The average Bonchev–Trinajstić information content (AvgIpc) is 2.32. The zero-order chi connectivity index (χ0) is 12.3. The van der Waals surface area contributed by atoms with Gasteiger partial charge in [0.1, 0.15) is 0 Å². The highest BCUT2D eigenvalue weighted by atomic mass is 15.1. The molecule has 0 spiro atoms. The molecule has 1 atom stereocenters. The molecule has 2 heteroatoms. The van der Waals surface area contributed by atoms with E-state index in [0.29, 0.717) is 0 Å². The zero-order valence-electron chi connectivity index (χ0n) is 11.3. The van der Waals surface area contributed by atoms with E-state index in [9.17, 15) is 0 Å². The SMILES string of the molecule is Cc1ccc(CC2CCCNC2)cc1N(C)C. The molecule has 1 unspecified atom stereocenters. The first-order valence-corrected chi connectivity index (χ1v) is 6.64. The molecule has 1 aromatic rings. The lowest BCUT2D eigenvalue weighted by atomic mass is 9.91. The molecule has 2 rings (SSSR count). The highest BCUT2D eigenvalue weighted by Gasteiger charge is 2.14. The standard InChI is InChI=1S/C15H24N2/c1-12-6-7-13(10-15(12)17(2)3)9-14-5-4-8-16-11-14/h6-7,10,14,16H,4-5,8-9,11H2,1-3H3. The van der Waals surface area contributed by atoms with Crippen LogP contribution in [-0.2, 0) is 6.42 Å². The second-order valence-corrected chi connectivity index (χ2v) is 5.43. The van der Waals surface area contributed by atoms with Gasteiger partial charge >= 0.3 is 0 Å². The van der Waals surface area contributed by atoms with Crippen LogP contribution in [0.2, 0.25) is 0 Å². The van der Waals surface area contributed by atoms with E-state index in [1.54, 1.807) is 0 Å². The number of anilines is 1. The van der Waals surface area contributed by atoms with Gasteiger partial charge in [-0.15, -0.1) is 0 Å². The first-order chi connectivity index (χ1) is 8.16. The molecule has 1 N–H and O–H groups in total. The summed E-state index contributed by atoms with van der Waals surface area (Å²) in [6, 6.07) is 6.89. The molecule has 0 radical (unpaired) electrons. The van der Waals surface area contributed by atoms with Crippen LogP contribution in [0, 0.1) is 12.8 Å². The Hall–Kier alpha value is -1.02. The second-order valence-electron chi connectivity index (χ2n) is 5.43. The summed E-state index contributed by atoms with van der Waals surface area (Å²) in [5, 5.41) is 3.49. The van der Waals surface area contributed by atoms with Crippen LogP contribution in [0.15, 0.2) is 18.2 Å². The third-order valence-corrected chi connectivity index (χ3v) is 3.68. The van der Waals surface area contributed by atoms with Crippen LogP contribution in [0.25, 0.3) is 0 Å². The summed E-state index contributed by atoms with van der Waals surface area (Å²) in [7, 11) is 4.24. The van der Waals surface area contributed by atoms with Crippen molar-refractivity contribution >= 4 is 5.69 Å². The van der Waals surface area contributed by atoms with E-state index in [1.165, 1.54) is 49.2 Å². The quantitative estimate of drug-likeness (QED) is 0.862. The molecule has 0 bridgehead atoms. The van der Waals surface area contributed by atoms with E-state index in [2.05, 4.69) is 49.4 Å². The Kier molecular flexibility index (Phi) is 4.06. The first-order valence-electron chi connectivity index (χ1n) is 6.64. The summed E-state index contributed by atoms with van der Waals surface area (Å²) in [6.07, 6.45) is 3.92. The lowest BCUT2D eigenvalue weighted by Gasteiger charge is -2.24. The van der Waals surface area contributed by atoms with Gasteiger partial charge in [-0.05, 0) is 62.4 Å². The number of benzene rings is 1. The van der Waals surface area contributed by atoms with Gasteiger partial charge < -0.3 is 10.2 Å². The minimum absolute atomic E-state index is 0.821. The van der Waals surface area contributed by atoms with Gasteiger partial charge in [-0.2, -0.15) is 0 Å². The molecule has 2 nitrogen and oxygen atoms in total. The van der Waals surface area contributed by atoms with E-state index >= 15 is 0 Å². The molecule has 0 aromatic heterocycles. The van der Waals surface area contributed by atoms with Crippen molar-refractivity contribution in [1.82, 2.24) is 5.32 Å². The molecular formula is C15H24N2. The summed E-state index contributed by atoms with van der Waals surface area (Å²) in [5.41, 5.74) is 4.19. The topological polar surface area (TPSA) is 15.3 Å². The lowest BCUT2D eigenvalue weighted by Crippen LogP contribution is -2.30. The van der Waals surface area contributed by atoms with E-state index in [1.807, 2.05) is 0 Å². The van der Waals surface area contributed by atoms with Crippen LogP contribution >= 0.6 is 0 Å². The smallest absolute Gasteiger partial charge is 0.0393 e. The average molecular weight is 232 g/mol. The van der Waals surface area contributed by atoms with Crippen LogP contribution < -0.4 is 10.2 Å². The number of rotatable bonds is 3. The fraction of sp³-hybridized carbons (Fsp3) is 0.600. The molecule has 1 aliphatic heterocycles. The molecule has 1 aromatic carbocycles. The van der Waals surface area contributed by atoms with Gasteiger partial charge in [-0.1, -0.05) is 12.1 Å². The maximum atomic E-state index is 3.49. The van der Waals surface area contributed by atoms with Crippen LogP contribution in [0.3, 0.4) is 0 Å². The molecule has 1 aliphatic rings. The minimum Gasteiger partial charge on any atom is -0.377 e. The molecule has 0 saturated carbocycles. The summed E-state index contributed by atoms with van der Waals surface area (Å²) < 4.78 is 0. The summed E-state index contributed by atoms with van der Waals surface area (Å²) in [6.45, 7) is 4.57. The fourth-order valence-electron chi connectivity index (χ4n) is 2.70.